The zero-order valence-electron chi connectivity index (χ0n) is 17.6. The smallest absolute Gasteiger partial charge is 0.339 e. The lowest BCUT2D eigenvalue weighted by molar-refractivity contribution is -0.123. The summed E-state index contributed by atoms with van der Waals surface area (Å²) in [6.45, 7) is 1.96. The maximum Gasteiger partial charge on any atom is 0.339 e. The number of furan rings is 1. The molecule has 4 rings (SSSR count). The molecule has 0 atom stereocenters. The van der Waals surface area contributed by atoms with Crippen molar-refractivity contribution in [3.05, 3.63) is 85.4 Å². The topological polar surface area (TPSA) is 76.8 Å². The van der Waals surface area contributed by atoms with E-state index in [1.54, 1.807) is 55.5 Å². The third kappa shape index (κ3) is 5.18. The van der Waals surface area contributed by atoms with Crippen LogP contribution in [0.15, 0.2) is 57.9 Å². The molecule has 0 unspecified atom stereocenters. The predicted octanol–water partition coefficient (Wildman–Crippen LogP) is 7.32. The highest BCUT2D eigenvalue weighted by molar-refractivity contribution is 8.18. The first kappa shape index (κ1) is 24.4. The van der Waals surface area contributed by atoms with Gasteiger partial charge < -0.3 is 9.15 Å². The fraction of sp³-hybridized carbons (Fsp3) is 0.125. The van der Waals surface area contributed by atoms with Crippen molar-refractivity contribution in [2.75, 3.05) is 6.61 Å². The number of nitrogens with zero attached hydrogens (tertiary/aromatic N) is 1. The van der Waals surface area contributed by atoms with E-state index >= 15 is 0 Å². The van der Waals surface area contributed by atoms with Crippen LogP contribution in [0.1, 0.15) is 28.6 Å². The van der Waals surface area contributed by atoms with Crippen LogP contribution in [0.2, 0.25) is 15.1 Å². The van der Waals surface area contributed by atoms with Crippen LogP contribution in [0.25, 0.3) is 17.4 Å². The van der Waals surface area contributed by atoms with Crippen molar-refractivity contribution >= 4 is 69.8 Å². The van der Waals surface area contributed by atoms with Gasteiger partial charge in [-0.05, 0) is 66.7 Å². The molecular weight excluding hydrogens is 521 g/mol. The average molecular weight is 537 g/mol. The normalized spacial score (nSPS) is 14.8. The zero-order chi connectivity index (χ0) is 24.4. The molecule has 34 heavy (non-hydrogen) atoms. The second-order valence-electron chi connectivity index (χ2n) is 7.12. The van der Waals surface area contributed by atoms with Crippen molar-refractivity contribution in [1.29, 1.82) is 0 Å². The molecule has 3 aromatic rings. The van der Waals surface area contributed by atoms with Gasteiger partial charge in [0.05, 0.1) is 28.6 Å². The molecule has 0 saturated carbocycles. The molecule has 0 N–H and O–H groups in total. The number of rotatable bonds is 6. The summed E-state index contributed by atoms with van der Waals surface area (Å²) in [6, 6.07) is 13.1. The maximum absolute atomic E-state index is 12.8. The number of amides is 2. The lowest BCUT2D eigenvalue weighted by atomic mass is 10.1. The van der Waals surface area contributed by atoms with Crippen LogP contribution in [0.3, 0.4) is 0 Å². The molecule has 0 bridgehead atoms. The number of carbonyl (C=O) groups is 3. The molecule has 1 fully saturated rings. The average Bonchev–Trinajstić information content (AvgIpc) is 3.36. The summed E-state index contributed by atoms with van der Waals surface area (Å²) in [7, 11) is 0. The Morgan fingerprint density at radius 3 is 2.59 bits per heavy atom. The highest BCUT2D eigenvalue weighted by Crippen LogP contribution is 2.35. The largest absolute Gasteiger partial charge is 0.462 e. The molecular formula is C24H16Cl3NO5S. The molecule has 1 aliphatic heterocycles. The number of thioether (sulfide) groups is 1. The van der Waals surface area contributed by atoms with Crippen LogP contribution in [0.5, 0.6) is 0 Å². The van der Waals surface area contributed by atoms with Crippen molar-refractivity contribution in [2.45, 2.75) is 13.5 Å². The Bertz CT molecular complexity index is 1330. The van der Waals surface area contributed by atoms with E-state index in [2.05, 4.69) is 0 Å². The molecule has 1 aliphatic rings. The second-order valence-corrected chi connectivity index (χ2v) is 9.36. The number of hydrogen-bond acceptors (Lipinski definition) is 6. The van der Waals surface area contributed by atoms with Crippen LogP contribution >= 0.6 is 46.6 Å². The van der Waals surface area contributed by atoms with Gasteiger partial charge in [-0.25, -0.2) is 4.79 Å². The molecule has 0 spiro atoms. The highest BCUT2D eigenvalue weighted by Gasteiger charge is 2.35. The van der Waals surface area contributed by atoms with E-state index < -0.39 is 17.1 Å². The first-order chi connectivity index (χ1) is 16.3. The fourth-order valence-electron chi connectivity index (χ4n) is 3.22. The van der Waals surface area contributed by atoms with Gasteiger partial charge in [-0.1, -0.05) is 40.9 Å². The van der Waals surface area contributed by atoms with Gasteiger partial charge in [0.2, 0.25) is 0 Å². The van der Waals surface area contributed by atoms with E-state index in [0.29, 0.717) is 32.7 Å². The fourth-order valence-corrected chi connectivity index (χ4v) is 4.70. The molecule has 0 radical (unpaired) electrons. The summed E-state index contributed by atoms with van der Waals surface area (Å²) < 4.78 is 10.9. The van der Waals surface area contributed by atoms with Crippen molar-refractivity contribution in [2.24, 2.45) is 0 Å². The van der Waals surface area contributed by atoms with Gasteiger partial charge in [0.25, 0.3) is 11.1 Å². The summed E-state index contributed by atoms with van der Waals surface area (Å²) in [5, 5.41) is 0.692. The SMILES string of the molecule is CCOC(=O)c1cc(-c2ccc(/C=C3\SC(=O)N(Cc4ccc(Cl)cc4Cl)C3=O)o2)ccc1Cl. The van der Waals surface area contributed by atoms with E-state index in [-0.39, 0.29) is 28.6 Å². The molecule has 0 aliphatic carbocycles. The Labute approximate surface area is 214 Å². The maximum atomic E-state index is 12.8. The number of hydrogen-bond donors (Lipinski definition) is 0. The first-order valence-electron chi connectivity index (χ1n) is 10.0. The molecule has 6 nitrogen and oxygen atoms in total. The predicted molar refractivity (Wildman–Crippen MR) is 133 cm³/mol. The van der Waals surface area contributed by atoms with E-state index in [1.807, 2.05) is 0 Å². The molecule has 10 heteroatoms. The standard InChI is InChI=1S/C24H16Cl3NO5S/c1-2-32-23(30)17-9-13(4-7-18(17)26)20-8-6-16(33-20)11-21-22(29)28(24(31)34-21)12-14-3-5-15(25)10-19(14)27/h3-11H,2,12H2,1H3/b21-11-. The van der Waals surface area contributed by atoms with Crippen molar-refractivity contribution < 1.29 is 23.5 Å². The van der Waals surface area contributed by atoms with Crippen LogP contribution < -0.4 is 0 Å². The van der Waals surface area contributed by atoms with E-state index in [4.69, 9.17) is 44.0 Å². The summed E-state index contributed by atoms with van der Waals surface area (Å²) in [5.41, 5.74) is 1.44. The zero-order valence-corrected chi connectivity index (χ0v) is 20.7. The van der Waals surface area contributed by atoms with E-state index in [0.717, 1.165) is 16.7 Å². The molecule has 1 saturated heterocycles. The summed E-state index contributed by atoms with van der Waals surface area (Å²) in [5.74, 6) is -0.149. The monoisotopic (exact) mass is 535 g/mol. The third-order valence-corrected chi connectivity index (χ3v) is 6.69. The minimum atomic E-state index is -0.532. The van der Waals surface area contributed by atoms with Gasteiger partial charge >= 0.3 is 5.97 Å². The van der Waals surface area contributed by atoms with E-state index in [1.165, 1.54) is 6.08 Å². The Morgan fingerprint density at radius 2 is 1.85 bits per heavy atom. The number of ether oxygens (including phenoxy) is 1. The van der Waals surface area contributed by atoms with Gasteiger partial charge in [-0.3, -0.25) is 14.5 Å². The summed E-state index contributed by atoms with van der Waals surface area (Å²) in [6.07, 6.45) is 1.50. The van der Waals surface area contributed by atoms with Crippen LogP contribution in [-0.4, -0.2) is 28.6 Å². The summed E-state index contributed by atoms with van der Waals surface area (Å²) >= 11 is 19.0. The van der Waals surface area contributed by atoms with Crippen LogP contribution in [0.4, 0.5) is 4.79 Å². The number of halogens is 3. The second kappa shape index (κ2) is 10.3. The summed E-state index contributed by atoms with van der Waals surface area (Å²) in [4.78, 5) is 38.7. The lowest BCUT2D eigenvalue weighted by Crippen LogP contribution is -2.27. The van der Waals surface area contributed by atoms with Crippen molar-refractivity contribution in [3.63, 3.8) is 0 Å². The van der Waals surface area contributed by atoms with Gasteiger partial charge in [0.15, 0.2) is 0 Å². The Kier molecular flexibility index (Phi) is 7.38. The molecule has 2 heterocycles. The first-order valence-corrected chi connectivity index (χ1v) is 12.0. The van der Waals surface area contributed by atoms with Gasteiger partial charge in [0.1, 0.15) is 11.5 Å². The highest BCUT2D eigenvalue weighted by atomic mass is 35.5. The third-order valence-electron chi connectivity index (χ3n) is 4.86. The Morgan fingerprint density at radius 1 is 1.06 bits per heavy atom. The van der Waals surface area contributed by atoms with Crippen LogP contribution in [0, 0.1) is 0 Å². The van der Waals surface area contributed by atoms with Crippen molar-refractivity contribution in [1.82, 2.24) is 4.90 Å². The molecule has 2 aromatic carbocycles. The van der Waals surface area contributed by atoms with E-state index in [9.17, 15) is 14.4 Å². The minimum Gasteiger partial charge on any atom is -0.462 e. The molecule has 2 amide bonds. The van der Waals surface area contributed by atoms with Gasteiger partial charge in [-0.15, -0.1) is 0 Å². The Balaban J connectivity index is 1.54. The molecule has 1 aromatic heterocycles. The number of imide groups is 1. The minimum absolute atomic E-state index is 0.0306. The van der Waals surface area contributed by atoms with Gasteiger partial charge in [-0.2, -0.15) is 0 Å². The van der Waals surface area contributed by atoms with Crippen molar-refractivity contribution in [3.8, 4) is 11.3 Å². The number of carbonyl (C=O) groups excluding carboxylic acids is 3. The quantitative estimate of drug-likeness (QED) is 0.243. The lowest BCUT2D eigenvalue weighted by Gasteiger charge is -2.13. The van der Waals surface area contributed by atoms with Gasteiger partial charge in [0, 0.05) is 21.7 Å². The Hall–Kier alpha value is -2.71. The number of benzene rings is 2. The number of esters is 1. The van der Waals surface area contributed by atoms with Crippen LogP contribution in [-0.2, 0) is 16.1 Å². The molecule has 174 valence electrons.